The molecule has 4 heteroatoms. The van der Waals surface area contributed by atoms with E-state index < -0.39 is 6.10 Å². The lowest BCUT2D eigenvalue weighted by Gasteiger charge is -2.14. The molecular formula is C11H23NO3. The summed E-state index contributed by atoms with van der Waals surface area (Å²) in [5.74, 6) is 0.763. The smallest absolute Gasteiger partial charge is 0.0897 e. The highest BCUT2D eigenvalue weighted by Crippen LogP contribution is 2.28. The Morgan fingerprint density at radius 1 is 1.40 bits per heavy atom. The predicted molar refractivity (Wildman–Crippen MR) is 58.9 cm³/mol. The van der Waals surface area contributed by atoms with Crippen LogP contribution in [0.5, 0.6) is 0 Å². The van der Waals surface area contributed by atoms with Gasteiger partial charge in [0, 0.05) is 26.8 Å². The molecule has 0 aromatic rings. The van der Waals surface area contributed by atoms with Gasteiger partial charge in [-0.15, -0.1) is 0 Å². The van der Waals surface area contributed by atoms with Crippen LogP contribution < -0.4 is 5.32 Å². The van der Waals surface area contributed by atoms with Crippen molar-refractivity contribution in [2.24, 2.45) is 5.92 Å². The average molecular weight is 217 g/mol. The van der Waals surface area contributed by atoms with Crippen molar-refractivity contribution < 1.29 is 14.6 Å². The molecule has 90 valence electrons. The van der Waals surface area contributed by atoms with Gasteiger partial charge in [-0.1, -0.05) is 0 Å². The molecule has 1 aliphatic carbocycles. The minimum Gasteiger partial charge on any atom is -0.389 e. The number of hydrogen-bond donors (Lipinski definition) is 2. The number of rotatable bonds is 9. The third-order valence-corrected chi connectivity index (χ3v) is 2.57. The van der Waals surface area contributed by atoms with Gasteiger partial charge >= 0.3 is 0 Å². The molecule has 2 unspecified atom stereocenters. The lowest BCUT2D eigenvalue weighted by molar-refractivity contribution is 0.0302. The Morgan fingerprint density at radius 3 is 2.73 bits per heavy atom. The lowest BCUT2D eigenvalue weighted by atomic mass is 10.3. The lowest BCUT2D eigenvalue weighted by Crippen LogP contribution is -2.35. The monoisotopic (exact) mass is 217 g/mol. The predicted octanol–water partition coefficient (Wildman–Crippen LogP) is 0.398. The molecule has 0 spiro atoms. The molecule has 0 bridgehead atoms. The molecule has 1 rings (SSSR count). The van der Waals surface area contributed by atoms with Gasteiger partial charge in [-0.2, -0.15) is 0 Å². The van der Waals surface area contributed by atoms with E-state index in [1.54, 1.807) is 7.11 Å². The van der Waals surface area contributed by atoms with Gasteiger partial charge in [0.15, 0.2) is 0 Å². The first-order valence-electron chi connectivity index (χ1n) is 5.71. The Kier molecular flexibility index (Phi) is 6.17. The number of nitrogens with one attached hydrogen (secondary N) is 1. The first-order chi connectivity index (χ1) is 7.22. The largest absolute Gasteiger partial charge is 0.389 e. The fraction of sp³-hybridized carbons (Fsp3) is 1.00. The highest BCUT2D eigenvalue weighted by atomic mass is 16.5. The minimum absolute atomic E-state index is 0.185. The summed E-state index contributed by atoms with van der Waals surface area (Å²) in [6, 6.07) is 0. The van der Waals surface area contributed by atoms with Crippen molar-refractivity contribution in [2.45, 2.75) is 32.0 Å². The van der Waals surface area contributed by atoms with Crippen molar-refractivity contribution in [3.8, 4) is 0 Å². The van der Waals surface area contributed by atoms with Crippen molar-refractivity contribution in [1.29, 1.82) is 0 Å². The second kappa shape index (κ2) is 7.17. The van der Waals surface area contributed by atoms with Crippen LogP contribution in [0.25, 0.3) is 0 Å². The zero-order valence-corrected chi connectivity index (χ0v) is 9.74. The topological polar surface area (TPSA) is 50.7 Å². The summed E-state index contributed by atoms with van der Waals surface area (Å²) in [6.45, 7) is 4.56. The van der Waals surface area contributed by atoms with E-state index in [1.165, 1.54) is 12.8 Å². The van der Waals surface area contributed by atoms with Crippen LogP contribution in [0.1, 0.15) is 19.8 Å². The van der Waals surface area contributed by atoms with Gasteiger partial charge in [-0.3, -0.25) is 0 Å². The molecule has 4 nitrogen and oxygen atoms in total. The van der Waals surface area contributed by atoms with Crippen molar-refractivity contribution >= 4 is 0 Å². The first kappa shape index (κ1) is 12.9. The maximum atomic E-state index is 9.54. The van der Waals surface area contributed by atoms with Crippen molar-refractivity contribution in [3.63, 3.8) is 0 Å². The van der Waals surface area contributed by atoms with Gasteiger partial charge in [0.05, 0.1) is 18.8 Å². The van der Waals surface area contributed by atoms with Gasteiger partial charge in [-0.25, -0.2) is 0 Å². The van der Waals surface area contributed by atoms with Gasteiger partial charge in [-0.05, 0) is 25.7 Å². The van der Waals surface area contributed by atoms with E-state index in [4.69, 9.17) is 9.47 Å². The summed E-state index contributed by atoms with van der Waals surface area (Å²) in [5.41, 5.74) is 0. The number of aliphatic hydroxyl groups excluding tert-OH is 1. The standard InChI is InChI=1S/C11H23NO3/c1-9(14-2)5-12-6-11(13)8-15-7-10-3-4-10/h9-13H,3-8H2,1-2H3. The average Bonchev–Trinajstić information content (AvgIpc) is 3.01. The molecule has 1 saturated carbocycles. The third kappa shape index (κ3) is 6.84. The van der Waals surface area contributed by atoms with Gasteiger partial charge in [0.25, 0.3) is 0 Å². The normalized spacial score (nSPS) is 20.2. The molecule has 0 saturated heterocycles. The van der Waals surface area contributed by atoms with Gasteiger partial charge < -0.3 is 19.9 Å². The van der Waals surface area contributed by atoms with Crippen LogP contribution in [-0.4, -0.2) is 50.7 Å². The fourth-order valence-corrected chi connectivity index (χ4v) is 1.25. The van der Waals surface area contributed by atoms with E-state index in [0.29, 0.717) is 13.2 Å². The van der Waals surface area contributed by atoms with Crippen LogP contribution in [0, 0.1) is 5.92 Å². The van der Waals surface area contributed by atoms with E-state index in [0.717, 1.165) is 19.1 Å². The Morgan fingerprint density at radius 2 is 2.13 bits per heavy atom. The molecular weight excluding hydrogens is 194 g/mol. The van der Waals surface area contributed by atoms with Crippen LogP contribution in [0.4, 0.5) is 0 Å². The molecule has 0 radical (unpaired) electrons. The highest BCUT2D eigenvalue weighted by molar-refractivity contribution is 4.72. The molecule has 0 amide bonds. The fourth-order valence-electron chi connectivity index (χ4n) is 1.25. The SMILES string of the molecule is COC(C)CNCC(O)COCC1CC1. The molecule has 0 heterocycles. The van der Waals surface area contributed by atoms with Crippen LogP contribution in [0.3, 0.4) is 0 Å². The summed E-state index contributed by atoms with van der Waals surface area (Å²) < 4.78 is 10.5. The number of methoxy groups -OCH3 is 1. The zero-order chi connectivity index (χ0) is 11.1. The van der Waals surface area contributed by atoms with Gasteiger partial charge in [0.2, 0.25) is 0 Å². The van der Waals surface area contributed by atoms with Crippen LogP contribution in [0.15, 0.2) is 0 Å². The maximum absolute atomic E-state index is 9.54. The Bertz CT molecular complexity index is 162. The molecule has 0 aliphatic heterocycles. The van der Waals surface area contributed by atoms with Gasteiger partial charge in [0.1, 0.15) is 0 Å². The second-order valence-electron chi connectivity index (χ2n) is 4.34. The molecule has 2 atom stereocenters. The van der Waals surface area contributed by atoms with E-state index in [2.05, 4.69) is 5.32 Å². The molecule has 1 fully saturated rings. The summed E-state index contributed by atoms with van der Waals surface area (Å²) >= 11 is 0. The van der Waals surface area contributed by atoms with E-state index in [-0.39, 0.29) is 6.10 Å². The molecule has 15 heavy (non-hydrogen) atoms. The Hall–Kier alpha value is -0.160. The maximum Gasteiger partial charge on any atom is 0.0897 e. The Labute approximate surface area is 92.0 Å². The van der Waals surface area contributed by atoms with Crippen molar-refractivity contribution in [1.82, 2.24) is 5.32 Å². The van der Waals surface area contributed by atoms with E-state index in [1.807, 2.05) is 6.92 Å². The molecule has 0 aromatic carbocycles. The Balaban J connectivity index is 1.85. The highest BCUT2D eigenvalue weighted by Gasteiger charge is 2.21. The number of hydrogen-bond acceptors (Lipinski definition) is 4. The van der Waals surface area contributed by atoms with Crippen molar-refractivity contribution in [2.75, 3.05) is 33.4 Å². The van der Waals surface area contributed by atoms with Crippen LogP contribution in [-0.2, 0) is 9.47 Å². The summed E-state index contributed by atoms with van der Waals surface area (Å²) in [5, 5.41) is 12.7. The molecule has 1 aliphatic rings. The minimum atomic E-state index is -0.409. The summed E-state index contributed by atoms with van der Waals surface area (Å²) in [7, 11) is 1.68. The summed E-state index contributed by atoms with van der Waals surface area (Å²) in [4.78, 5) is 0. The van der Waals surface area contributed by atoms with E-state index in [9.17, 15) is 5.11 Å². The zero-order valence-electron chi connectivity index (χ0n) is 9.74. The summed E-state index contributed by atoms with van der Waals surface area (Å²) in [6.07, 6.45) is 2.36. The molecule has 2 N–H and O–H groups in total. The second-order valence-corrected chi connectivity index (χ2v) is 4.34. The number of ether oxygens (including phenoxy) is 2. The number of aliphatic hydroxyl groups is 1. The quantitative estimate of drug-likeness (QED) is 0.587. The third-order valence-electron chi connectivity index (χ3n) is 2.57. The molecule has 0 aromatic heterocycles. The van der Waals surface area contributed by atoms with Crippen LogP contribution in [0.2, 0.25) is 0 Å². The van der Waals surface area contributed by atoms with E-state index >= 15 is 0 Å². The van der Waals surface area contributed by atoms with Crippen molar-refractivity contribution in [3.05, 3.63) is 0 Å². The van der Waals surface area contributed by atoms with Crippen LogP contribution >= 0.6 is 0 Å². The first-order valence-corrected chi connectivity index (χ1v) is 5.71.